The van der Waals surface area contributed by atoms with Crippen molar-refractivity contribution in [3.63, 3.8) is 0 Å². The van der Waals surface area contributed by atoms with Crippen LogP contribution < -0.4 is 15.4 Å². The molecule has 0 aliphatic heterocycles. The maximum absolute atomic E-state index is 12.6. The topological polar surface area (TPSA) is 58.5 Å². The van der Waals surface area contributed by atoms with Gasteiger partial charge >= 0.3 is 6.18 Å². The van der Waals surface area contributed by atoms with Crippen LogP contribution in [-0.4, -0.2) is 31.1 Å². The molecule has 0 saturated carbocycles. The molecule has 1 aromatic heterocycles. The van der Waals surface area contributed by atoms with Crippen LogP contribution in [0.15, 0.2) is 28.6 Å². The first kappa shape index (κ1) is 24.5. The Bertz CT molecular complexity index is 780. The lowest BCUT2D eigenvalue weighted by Crippen LogP contribution is -2.38. The van der Waals surface area contributed by atoms with Gasteiger partial charge < -0.3 is 15.4 Å². The van der Waals surface area contributed by atoms with Crippen LogP contribution in [0.2, 0.25) is 0 Å². The molecule has 10 heteroatoms. The lowest BCUT2D eigenvalue weighted by atomic mass is 10.1. The number of thiazole rings is 1. The number of benzene rings is 1. The number of ether oxygens (including phenoxy) is 1. The molecule has 1 heterocycles. The van der Waals surface area contributed by atoms with Crippen molar-refractivity contribution in [2.75, 3.05) is 20.2 Å². The summed E-state index contributed by atoms with van der Waals surface area (Å²) in [4.78, 5) is 8.14. The summed E-state index contributed by atoms with van der Waals surface area (Å²) in [6, 6.07) is 5.91. The number of nitrogens with one attached hydrogen (secondary N) is 2. The Hall–Kier alpha value is -1.56. The number of nitrogens with zero attached hydrogens (tertiary/aromatic N) is 2. The molecule has 1 aromatic carbocycles. The van der Waals surface area contributed by atoms with Crippen LogP contribution in [0.25, 0.3) is 0 Å². The second kappa shape index (κ2) is 11.4. The summed E-state index contributed by atoms with van der Waals surface area (Å²) in [6.07, 6.45) is -4.01. The minimum absolute atomic E-state index is 0. The van der Waals surface area contributed by atoms with Gasteiger partial charge in [0.05, 0.1) is 18.7 Å². The minimum Gasteiger partial charge on any atom is -0.496 e. The molecule has 5 nitrogen and oxygen atoms in total. The summed E-state index contributed by atoms with van der Waals surface area (Å²) in [7, 11) is 1.62. The Balaban J connectivity index is 0.00000392. The van der Waals surface area contributed by atoms with Crippen molar-refractivity contribution in [3.05, 3.63) is 45.4 Å². The number of aliphatic imine (C=N–C) groups is 1. The Labute approximate surface area is 183 Å². The molecular formula is C18H24F3IN4OS. The van der Waals surface area contributed by atoms with Gasteiger partial charge in [-0.2, -0.15) is 13.2 Å². The Kier molecular flexibility index (Phi) is 10.0. The fraction of sp³-hybridized carbons (Fsp3) is 0.444. The summed E-state index contributed by atoms with van der Waals surface area (Å²) in [5, 5.41) is 7.71. The fourth-order valence-electron chi connectivity index (χ4n) is 2.33. The van der Waals surface area contributed by atoms with Gasteiger partial charge in [0.15, 0.2) is 11.7 Å². The lowest BCUT2D eigenvalue weighted by molar-refractivity contribution is -0.140. The molecule has 156 valence electrons. The second-order valence-electron chi connectivity index (χ2n) is 5.81. The van der Waals surface area contributed by atoms with Crippen molar-refractivity contribution < 1.29 is 17.9 Å². The number of halogens is 4. The summed E-state index contributed by atoms with van der Waals surface area (Å²) < 4.78 is 43.1. The van der Waals surface area contributed by atoms with E-state index in [-0.39, 0.29) is 24.0 Å². The summed E-state index contributed by atoms with van der Waals surface area (Å²) in [6.45, 7) is 5.46. The molecule has 2 rings (SSSR count). The summed E-state index contributed by atoms with van der Waals surface area (Å²) in [5.74, 6) is 1.37. The average molecular weight is 528 g/mol. The van der Waals surface area contributed by atoms with E-state index in [1.807, 2.05) is 32.0 Å². The van der Waals surface area contributed by atoms with Crippen molar-refractivity contribution in [3.8, 4) is 5.75 Å². The van der Waals surface area contributed by atoms with Crippen LogP contribution in [-0.2, 0) is 19.1 Å². The zero-order chi connectivity index (χ0) is 19.9. The first-order valence-corrected chi connectivity index (χ1v) is 9.38. The molecule has 0 amide bonds. The summed E-state index contributed by atoms with van der Waals surface area (Å²) >= 11 is 1.01. The van der Waals surface area contributed by atoms with E-state index >= 15 is 0 Å². The van der Waals surface area contributed by atoms with Gasteiger partial charge in [0, 0.05) is 30.5 Å². The van der Waals surface area contributed by atoms with Crippen LogP contribution in [0.5, 0.6) is 5.75 Å². The van der Waals surface area contributed by atoms with Crippen LogP contribution in [0.3, 0.4) is 0 Å². The largest absolute Gasteiger partial charge is 0.496 e. The third-order valence-electron chi connectivity index (χ3n) is 3.67. The molecule has 0 bridgehead atoms. The molecule has 0 aliphatic carbocycles. The Morgan fingerprint density at radius 1 is 1.29 bits per heavy atom. The molecule has 2 aromatic rings. The molecule has 0 fully saturated rings. The van der Waals surface area contributed by atoms with Crippen molar-refractivity contribution in [1.29, 1.82) is 0 Å². The highest BCUT2D eigenvalue weighted by Gasteiger charge is 2.33. The number of rotatable bonds is 7. The lowest BCUT2D eigenvalue weighted by Gasteiger charge is -2.12. The molecule has 0 atom stereocenters. The Morgan fingerprint density at radius 2 is 2.04 bits per heavy atom. The van der Waals surface area contributed by atoms with Gasteiger partial charge in [-0.3, -0.25) is 0 Å². The standard InChI is InChI=1S/C18H23F3N4OS.HI/c1-4-22-17(24-10-13-6-5-12(2)9-14(13)26-3)23-8-7-16-25-15(11-27-16)18(19,20)21;/h5-6,9,11H,4,7-8,10H2,1-3H3,(H2,22,23,24);1H. The highest BCUT2D eigenvalue weighted by molar-refractivity contribution is 14.0. The third-order valence-corrected chi connectivity index (χ3v) is 4.58. The smallest absolute Gasteiger partial charge is 0.434 e. The fourth-order valence-corrected chi connectivity index (χ4v) is 3.14. The van der Waals surface area contributed by atoms with Crippen molar-refractivity contribution >= 4 is 41.3 Å². The van der Waals surface area contributed by atoms with Crippen molar-refractivity contribution in [1.82, 2.24) is 15.6 Å². The predicted molar refractivity (Wildman–Crippen MR) is 117 cm³/mol. The highest BCUT2D eigenvalue weighted by Crippen LogP contribution is 2.30. The molecule has 28 heavy (non-hydrogen) atoms. The van der Waals surface area contributed by atoms with Gasteiger partial charge in [0.2, 0.25) is 0 Å². The van der Waals surface area contributed by atoms with E-state index < -0.39 is 11.9 Å². The summed E-state index contributed by atoms with van der Waals surface area (Å²) in [5.41, 5.74) is 1.22. The maximum Gasteiger partial charge on any atom is 0.434 e. The minimum atomic E-state index is -4.40. The highest BCUT2D eigenvalue weighted by atomic mass is 127. The first-order chi connectivity index (χ1) is 12.8. The van der Waals surface area contributed by atoms with Gasteiger partial charge in [-0.05, 0) is 25.5 Å². The van der Waals surface area contributed by atoms with E-state index in [4.69, 9.17) is 4.74 Å². The van der Waals surface area contributed by atoms with E-state index in [0.717, 1.165) is 33.6 Å². The Morgan fingerprint density at radius 3 is 2.64 bits per heavy atom. The number of hydrogen-bond donors (Lipinski definition) is 2. The zero-order valence-electron chi connectivity index (χ0n) is 15.9. The van der Waals surface area contributed by atoms with Crippen LogP contribution >= 0.6 is 35.3 Å². The number of guanidine groups is 1. The predicted octanol–water partition coefficient (Wildman–Crippen LogP) is 4.39. The van der Waals surface area contributed by atoms with Gasteiger partial charge in [0.1, 0.15) is 5.75 Å². The average Bonchev–Trinajstić information content (AvgIpc) is 3.09. The number of methoxy groups -OCH3 is 1. The first-order valence-electron chi connectivity index (χ1n) is 8.50. The van der Waals surface area contributed by atoms with Crippen molar-refractivity contribution in [2.45, 2.75) is 33.0 Å². The van der Waals surface area contributed by atoms with E-state index in [2.05, 4.69) is 20.6 Å². The van der Waals surface area contributed by atoms with E-state index in [1.165, 1.54) is 0 Å². The number of alkyl halides is 3. The van der Waals surface area contributed by atoms with E-state index in [1.54, 1.807) is 7.11 Å². The van der Waals surface area contributed by atoms with Crippen LogP contribution in [0, 0.1) is 6.92 Å². The zero-order valence-corrected chi connectivity index (χ0v) is 19.0. The van der Waals surface area contributed by atoms with Crippen molar-refractivity contribution in [2.24, 2.45) is 4.99 Å². The number of aryl methyl sites for hydroxylation is 1. The van der Waals surface area contributed by atoms with Gasteiger partial charge in [-0.1, -0.05) is 12.1 Å². The van der Waals surface area contributed by atoms with Gasteiger partial charge in [-0.15, -0.1) is 35.3 Å². The van der Waals surface area contributed by atoms with Gasteiger partial charge in [0.25, 0.3) is 0 Å². The second-order valence-corrected chi connectivity index (χ2v) is 6.75. The molecular weight excluding hydrogens is 504 g/mol. The molecule has 0 radical (unpaired) electrons. The van der Waals surface area contributed by atoms with Crippen LogP contribution in [0.1, 0.15) is 28.8 Å². The monoisotopic (exact) mass is 528 g/mol. The molecule has 0 unspecified atom stereocenters. The number of aromatic nitrogens is 1. The molecule has 0 spiro atoms. The SMILES string of the molecule is CCNC(=NCc1ccc(C)cc1OC)NCCc1nc(C(F)(F)F)cs1.I. The molecule has 0 saturated heterocycles. The van der Waals surface area contributed by atoms with E-state index in [9.17, 15) is 13.2 Å². The van der Waals surface area contributed by atoms with Gasteiger partial charge in [-0.25, -0.2) is 9.98 Å². The number of hydrogen-bond acceptors (Lipinski definition) is 4. The normalized spacial score (nSPS) is 11.7. The maximum atomic E-state index is 12.6. The molecule has 0 aliphatic rings. The van der Waals surface area contributed by atoms with Crippen LogP contribution in [0.4, 0.5) is 13.2 Å². The third kappa shape index (κ3) is 7.46. The quantitative estimate of drug-likeness (QED) is 0.318. The molecule has 2 N–H and O–H groups in total. The van der Waals surface area contributed by atoms with E-state index in [0.29, 0.717) is 37.0 Å².